The van der Waals surface area contributed by atoms with Gasteiger partial charge in [-0.05, 0) is 43.0 Å². The quantitative estimate of drug-likeness (QED) is 0.680. The van der Waals surface area contributed by atoms with Crippen molar-refractivity contribution in [2.24, 2.45) is 0 Å². The molecule has 1 aliphatic carbocycles. The molecule has 1 N–H and O–H groups in total. The van der Waals surface area contributed by atoms with Crippen molar-refractivity contribution in [2.75, 3.05) is 14.2 Å². The van der Waals surface area contributed by atoms with Crippen molar-refractivity contribution in [2.45, 2.75) is 38.7 Å². The molecule has 0 saturated carbocycles. The summed E-state index contributed by atoms with van der Waals surface area (Å²) in [6.07, 6.45) is 2.04. The Morgan fingerprint density at radius 2 is 1.84 bits per heavy atom. The molecule has 0 bridgehead atoms. The van der Waals surface area contributed by atoms with Gasteiger partial charge in [-0.15, -0.1) is 0 Å². The summed E-state index contributed by atoms with van der Waals surface area (Å²) in [5.41, 5.74) is 4.50. The van der Waals surface area contributed by atoms with E-state index in [9.17, 15) is 9.59 Å². The number of ether oxygens (including phenoxy) is 3. The second kappa shape index (κ2) is 9.30. The van der Waals surface area contributed by atoms with Crippen molar-refractivity contribution in [1.82, 2.24) is 5.32 Å². The predicted octanol–water partition coefficient (Wildman–Crippen LogP) is 4.42. The molecule has 2 aromatic carbocycles. The number of dihydropyridines is 1. The molecule has 32 heavy (non-hydrogen) atoms. The zero-order valence-corrected chi connectivity index (χ0v) is 18.6. The lowest BCUT2D eigenvalue weighted by atomic mass is 9.75. The van der Waals surface area contributed by atoms with Crippen LogP contribution in [0.4, 0.5) is 0 Å². The van der Waals surface area contributed by atoms with E-state index in [4.69, 9.17) is 14.2 Å². The summed E-state index contributed by atoms with van der Waals surface area (Å²) >= 11 is 0. The van der Waals surface area contributed by atoms with Crippen LogP contribution >= 0.6 is 0 Å². The average molecular weight is 434 g/mol. The van der Waals surface area contributed by atoms with Gasteiger partial charge in [-0.3, -0.25) is 4.79 Å². The Morgan fingerprint density at radius 3 is 2.56 bits per heavy atom. The Bertz CT molecular complexity index is 1100. The average Bonchev–Trinajstić information content (AvgIpc) is 2.82. The molecule has 0 aromatic heterocycles. The SMILES string of the molecule is COC(=O)C1=C(C)NC2=C(C(=O)CCC2)C1c1ccc(OC)c(OCc2ccccc2)c1. The van der Waals surface area contributed by atoms with E-state index in [1.165, 1.54) is 7.11 Å². The second-order valence-electron chi connectivity index (χ2n) is 7.94. The van der Waals surface area contributed by atoms with Crippen molar-refractivity contribution in [3.63, 3.8) is 0 Å². The Morgan fingerprint density at radius 1 is 1.06 bits per heavy atom. The van der Waals surface area contributed by atoms with Crippen molar-refractivity contribution in [1.29, 1.82) is 0 Å². The monoisotopic (exact) mass is 433 g/mol. The van der Waals surface area contributed by atoms with Gasteiger partial charge >= 0.3 is 5.97 Å². The standard InChI is InChI=1S/C26H27NO5/c1-16-23(26(29)31-3)24(25-19(27-16)10-7-11-20(25)28)18-12-13-21(30-2)22(14-18)32-15-17-8-5-4-6-9-17/h4-6,8-9,12-14,24,27H,7,10-11,15H2,1-3H3. The number of ketones is 1. The third-order valence-electron chi connectivity index (χ3n) is 5.94. The normalized spacial score (nSPS) is 18.1. The number of methoxy groups -OCH3 is 2. The number of nitrogens with one attached hydrogen (secondary N) is 1. The fourth-order valence-electron chi connectivity index (χ4n) is 4.42. The molecule has 6 heteroatoms. The lowest BCUT2D eigenvalue weighted by Gasteiger charge is -2.34. The fourth-order valence-corrected chi connectivity index (χ4v) is 4.42. The third kappa shape index (κ3) is 4.13. The largest absolute Gasteiger partial charge is 0.493 e. The molecule has 6 nitrogen and oxygen atoms in total. The Kier molecular flexibility index (Phi) is 6.30. The minimum absolute atomic E-state index is 0.0558. The number of rotatable bonds is 6. The van der Waals surface area contributed by atoms with Crippen LogP contribution in [0.5, 0.6) is 11.5 Å². The molecule has 1 atom stereocenters. The summed E-state index contributed by atoms with van der Waals surface area (Å²) in [5, 5.41) is 3.28. The Hall–Kier alpha value is -3.54. The molecule has 0 radical (unpaired) electrons. The maximum Gasteiger partial charge on any atom is 0.336 e. The number of esters is 1. The summed E-state index contributed by atoms with van der Waals surface area (Å²) in [4.78, 5) is 25.7. The highest BCUT2D eigenvalue weighted by atomic mass is 16.5. The molecule has 0 amide bonds. The smallest absolute Gasteiger partial charge is 0.336 e. The third-order valence-corrected chi connectivity index (χ3v) is 5.94. The lowest BCUT2D eigenvalue weighted by molar-refractivity contribution is -0.136. The number of hydrogen-bond acceptors (Lipinski definition) is 6. The van der Waals surface area contributed by atoms with Crippen LogP contribution < -0.4 is 14.8 Å². The zero-order valence-electron chi connectivity index (χ0n) is 18.6. The molecule has 0 spiro atoms. The van der Waals surface area contributed by atoms with Gasteiger partial charge in [0.15, 0.2) is 17.3 Å². The van der Waals surface area contributed by atoms with E-state index in [-0.39, 0.29) is 5.78 Å². The number of allylic oxidation sites excluding steroid dienone is 3. The van der Waals surface area contributed by atoms with Crippen LogP contribution in [0.2, 0.25) is 0 Å². The van der Waals surface area contributed by atoms with Crippen molar-refractivity contribution < 1.29 is 23.8 Å². The fraction of sp³-hybridized carbons (Fsp3) is 0.308. The van der Waals surface area contributed by atoms with E-state index in [0.717, 1.165) is 29.7 Å². The van der Waals surface area contributed by atoms with Crippen molar-refractivity contribution in [3.05, 3.63) is 82.2 Å². The van der Waals surface area contributed by atoms with Gasteiger partial charge < -0.3 is 19.5 Å². The first kappa shape index (κ1) is 21.7. The molecule has 1 unspecified atom stereocenters. The van der Waals surface area contributed by atoms with E-state index in [0.29, 0.717) is 41.4 Å². The van der Waals surface area contributed by atoms with E-state index in [1.54, 1.807) is 7.11 Å². The Labute approximate surface area is 187 Å². The Balaban J connectivity index is 1.77. The number of carbonyl (C=O) groups excluding carboxylic acids is 2. The highest BCUT2D eigenvalue weighted by molar-refractivity contribution is 6.03. The molecular formula is C26H27NO5. The van der Waals surface area contributed by atoms with Gasteiger partial charge in [0.05, 0.1) is 19.8 Å². The molecule has 4 rings (SSSR count). The maximum atomic E-state index is 13.0. The van der Waals surface area contributed by atoms with Crippen LogP contribution in [-0.2, 0) is 20.9 Å². The highest BCUT2D eigenvalue weighted by Crippen LogP contribution is 2.44. The van der Waals surface area contributed by atoms with Gasteiger partial charge in [0.1, 0.15) is 6.61 Å². The van der Waals surface area contributed by atoms with Crippen LogP contribution in [0, 0.1) is 0 Å². The molecule has 1 heterocycles. The van der Waals surface area contributed by atoms with Gasteiger partial charge in [-0.2, -0.15) is 0 Å². The first-order valence-corrected chi connectivity index (χ1v) is 10.7. The first-order chi connectivity index (χ1) is 15.5. The maximum absolute atomic E-state index is 13.0. The van der Waals surface area contributed by atoms with Gasteiger partial charge in [0.25, 0.3) is 0 Å². The molecule has 0 saturated heterocycles. The number of Topliss-reactive ketones (excluding diaryl/α,β-unsaturated/α-hetero) is 1. The number of carbonyl (C=O) groups is 2. The van der Waals surface area contributed by atoms with Gasteiger partial charge in [0, 0.05) is 29.3 Å². The summed E-state index contributed by atoms with van der Waals surface area (Å²) < 4.78 is 16.7. The van der Waals surface area contributed by atoms with E-state index < -0.39 is 11.9 Å². The van der Waals surface area contributed by atoms with E-state index in [2.05, 4.69) is 5.32 Å². The van der Waals surface area contributed by atoms with E-state index >= 15 is 0 Å². The predicted molar refractivity (Wildman–Crippen MR) is 120 cm³/mol. The topological polar surface area (TPSA) is 73.9 Å². The van der Waals surface area contributed by atoms with Crippen LogP contribution in [0.1, 0.15) is 43.2 Å². The molecule has 2 aliphatic rings. The first-order valence-electron chi connectivity index (χ1n) is 10.7. The molecule has 2 aromatic rings. The van der Waals surface area contributed by atoms with Gasteiger partial charge in [-0.1, -0.05) is 36.4 Å². The van der Waals surface area contributed by atoms with Crippen molar-refractivity contribution >= 4 is 11.8 Å². The summed E-state index contributed by atoms with van der Waals surface area (Å²) in [7, 11) is 2.94. The molecule has 0 fully saturated rings. The van der Waals surface area contributed by atoms with Crippen LogP contribution in [0.25, 0.3) is 0 Å². The summed E-state index contributed by atoms with van der Waals surface area (Å²) in [5.74, 6) is 0.229. The molecular weight excluding hydrogens is 406 g/mol. The second-order valence-corrected chi connectivity index (χ2v) is 7.94. The molecule has 166 valence electrons. The van der Waals surface area contributed by atoms with Gasteiger partial charge in [-0.25, -0.2) is 4.79 Å². The van der Waals surface area contributed by atoms with Crippen LogP contribution in [-0.4, -0.2) is 26.0 Å². The summed E-state index contributed by atoms with van der Waals surface area (Å²) in [6.45, 7) is 2.22. The van der Waals surface area contributed by atoms with E-state index in [1.807, 2.05) is 55.5 Å². The summed E-state index contributed by atoms with van der Waals surface area (Å²) in [6, 6.07) is 15.4. The minimum atomic E-state index is -0.517. The molecule has 1 aliphatic heterocycles. The lowest BCUT2D eigenvalue weighted by Crippen LogP contribution is -2.34. The van der Waals surface area contributed by atoms with Crippen LogP contribution in [0.3, 0.4) is 0 Å². The number of hydrogen-bond donors (Lipinski definition) is 1. The van der Waals surface area contributed by atoms with Gasteiger partial charge in [0.2, 0.25) is 0 Å². The highest BCUT2D eigenvalue weighted by Gasteiger charge is 2.39. The van der Waals surface area contributed by atoms with Crippen molar-refractivity contribution in [3.8, 4) is 11.5 Å². The zero-order chi connectivity index (χ0) is 22.7. The number of benzene rings is 2. The van der Waals surface area contributed by atoms with Crippen LogP contribution in [0.15, 0.2) is 71.1 Å². The minimum Gasteiger partial charge on any atom is -0.493 e.